The molecule has 0 atom stereocenters. The average Bonchev–Trinajstić information content (AvgIpc) is 3.03. The van der Waals surface area contributed by atoms with Crippen molar-refractivity contribution in [1.29, 1.82) is 0 Å². The monoisotopic (exact) mass is 344 g/mol. The molecule has 0 aliphatic carbocycles. The van der Waals surface area contributed by atoms with E-state index in [1.807, 2.05) is 31.2 Å². The third-order valence-electron chi connectivity index (χ3n) is 3.20. The number of halogens is 1. The molecule has 1 heterocycles. The van der Waals surface area contributed by atoms with Crippen molar-refractivity contribution in [2.75, 3.05) is 5.75 Å². The smallest absolute Gasteiger partial charge is 0.277 e. The first kappa shape index (κ1) is 15.8. The second-order valence-electron chi connectivity index (χ2n) is 4.96. The number of hydrogen-bond donors (Lipinski definition) is 0. The van der Waals surface area contributed by atoms with E-state index in [0.717, 1.165) is 11.1 Å². The number of rotatable bonds is 5. The summed E-state index contributed by atoms with van der Waals surface area (Å²) in [4.78, 5) is 12.1. The quantitative estimate of drug-likeness (QED) is 0.497. The first-order chi connectivity index (χ1) is 11.1. The summed E-state index contributed by atoms with van der Waals surface area (Å²) >= 11 is 7.03. The van der Waals surface area contributed by atoms with E-state index in [9.17, 15) is 4.79 Å². The maximum absolute atomic E-state index is 12.1. The van der Waals surface area contributed by atoms with Crippen LogP contribution in [0.2, 0.25) is 5.02 Å². The highest BCUT2D eigenvalue weighted by atomic mass is 35.5. The van der Waals surface area contributed by atoms with Gasteiger partial charge < -0.3 is 4.42 Å². The standard InChI is InChI=1S/C17H13ClN2O2S/c1-11-2-4-13(5-3-11)16-19-20-17(22-16)23-10-15(21)12-6-8-14(18)9-7-12/h2-9H,10H2,1H3. The lowest BCUT2D eigenvalue weighted by Crippen LogP contribution is -2.01. The van der Waals surface area contributed by atoms with Crippen molar-refractivity contribution < 1.29 is 9.21 Å². The van der Waals surface area contributed by atoms with Crippen molar-refractivity contribution in [3.63, 3.8) is 0 Å². The molecule has 0 saturated heterocycles. The van der Waals surface area contributed by atoms with E-state index in [2.05, 4.69) is 10.2 Å². The van der Waals surface area contributed by atoms with Crippen LogP contribution in [0.3, 0.4) is 0 Å². The number of aryl methyl sites for hydroxylation is 1. The zero-order chi connectivity index (χ0) is 16.2. The summed E-state index contributed by atoms with van der Waals surface area (Å²) in [5.74, 6) is 0.671. The number of benzene rings is 2. The van der Waals surface area contributed by atoms with Crippen LogP contribution in [0.15, 0.2) is 58.2 Å². The number of aromatic nitrogens is 2. The van der Waals surface area contributed by atoms with Crippen LogP contribution in [-0.2, 0) is 0 Å². The van der Waals surface area contributed by atoms with Gasteiger partial charge in [-0.25, -0.2) is 0 Å². The molecule has 1 aromatic heterocycles. The number of thioether (sulfide) groups is 1. The molecule has 0 aliphatic heterocycles. The Hall–Kier alpha value is -2.11. The van der Waals surface area contributed by atoms with Gasteiger partial charge in [0.2, 0.25) is 5.89 Å². The van der Waals surface area contributed by atoms with Gasteiger partial charge in [0.25, 0.3) is 5.22 Å². The Kier molecular flexibility index (Phi) is 4.79. The fourth-order valence-corrected chi connectivity index (χ4v) is 2.71. The molecule has 0 bridgehead atoms. The van der Waals surface area contributed by atoms with Gasteiger partial charge in [0.15, 0.2) is 5.78 Å². The minimum atomic E-state index is -0.0123. The van der Waals surface area contributed by atoms with Crippen molar-refractivity contribution >= 4 is 29.1 Å². The van der Waals surface area contributed by atoms with Crippen molar-refractivity contribution in [3.8, 4) is 11.5 Å². The first-order valence-electron chi connectivity index (χ1n) is 6.94. The fourth-order valence-electron chi connectivity index (χ4n) is 1.93. The summed E-state index contributed by atoms with van der Waals surface area (Å²) in [5, 5.41) is 8.96. The van der Waals surface area contributed by atoms with E-state index < -0.39 is 0 Å². The molecule has 3 aromatic rings. The molecular weight excluding hydrogens is 332 g/mol. The predicted molar refractivity (Wildman–Crippen MR) is 91.0 cm³/mol. The number of hydrogen-bond acceptors (Lipinski definition) is 5. The molecule has 0 aliphatic rings. The van der Waals surface area contributed by atoms with Crippen molar-refractivity contribution in [1.82, 2.24) is 10.2 Å². The average molecular weight is 345 g/mol. The number of carbonyl (C=O) groups is 1. The number of Topliss-reactive ketones (excluding diaryl/α,β-unsaturated/α-hetero) is 1. The Morgan fingerprint density at radius 2 is 1.78 bits per heavy atom. The Morgan fingerprint density at radius 1 is 1.09 bits per heavy atom. The third-order valence-corrected chi connectivity index (χ3v) is 4.27. The molecule has 0 radical (unpaired) electrons. The molecule has 3 rings (SSSR count). The van der Waals surface area contributed by atoms with E-state index in [-0.39, 0.29) is 11.5 Å². The molecule has 0 fully saturated rings. The molecular formula is C17H13ClN2O2S. The largest absolute Gasteiger partial charge is 0.411 e. The molecule has 4 nitrogen and oxygen atoms in total. The second-order valence-corrected chi connectivity index (χ2v) is 6.32. The molecule has 2 aromatic carbocycles. The Labute approximate surface area is 142 Å². The molecule has 6 heteroatoms. The lowest BCUT2D eigenvalue weighted by Gasteiger charge is -1.99. The van der Waals surface area contributed by atoms with E-state index >= 15 is 0 Å². The summed E-state index contributed by atoms with van der Waals surface area (Å²) in [6.07, 6.45) is 0. The van der Waals surface area contributed by atoms with Gasteiger partial charge in [-0.1, -0.05) is 41.1 Å². The third kappa shape index (κ3) is 4.00. The van der Waals surface area contributed by atoms with Crippen LogP contribution in [0.25, 0.3) is 11.5 Å². The lowest BCUT2D eigenvalue weighted by atomic mass is 10.1. The molecule has 116 valence electrons. The van der Waals surface area contributed by atoms with Crippen molar-refractivity contribution in [3.05, 3.63) is 64.7 Å². The van der Waals surface area contributed by atoms with Gasteiger partial charge in [-0.05, 0) is 43.3 Å². The fraction of sp³-hybridized carbons (Fsp3) is 0.118. The van der Waals surface area contributed by atoms with Crippen LogP contribution in [0.1, 0.15) is 15.9 Å². The SMILES string of the molecule is Cc1ccc(-c2nnc(SCC(=O)c3ccc(Cl)cc3)o2)cc1. The molecule has 0 unspecified atom stereocenters. The van der Waals surface area contributed by atoms with E-state index in [1.165, 1.54) is 11.8 Å². The summed E-state index contributed by atoms with van der Waals surface area (Å²) < 4.78 is 5.58. The molecule has 0 saturated carbocycles. The molecule has 0 N–H and O–H groups in total. The zero-order valence-electron chi connectivity index (χ0n) is 12.3. The highest BCUT2D eigenvalue weighted by molar-refractivity contribution is 7.99. The van der Waals surface area contributed by atoms with Gasteiger partial charge in [-0.2, -0.15) is 0 Å². The Balaban J connectivity index is 1.64. The van der Waals surface area contributed by atoms with Gasteiger partial charge in [0.05, 0.1) is 5.75 Å². The van der Waals surface area contributed by atoms with Crippen molar-refractivity contribution in [2.45, 2.75) is 12.1 Å². The minimum Gasteiger partial charge on any atom is -0.411 e. The zero-order valence-corrected chi connectivity index (χ0v) is 13.9. The Morgan fingerprint density at radius 3 is 2.48 bits per heavy atom. The first-order valence-corrected chi connectivity index (χ1v) is 8.30. The number of carbonyl (C=O) groups excluding carboxylic acids is 1. The summed E-state index contributed by atoms with van der Waals surface area (Å²) in [6.45, 7) is 2.02. The van der Waals surface area contributed by atoms with Gasteiger partial charge in [0.1, 0.15) is 0 Å². The van der Waals surface area contributed by atoms with Crippen LogP contribution in [0, 0.1) is 6.92 Å². The van der Waals surface area contributed by atoms with Crippen LogP contribution in [0.4, 0.5) is 0 Å². The van der Waals surface area contributed by atoms with Gasteiger partial charge in [-0.15, -0.1) is 10.2 Å². The lowest BCUT2D eigenvalue weighted by molar-refractivity contribution is 0.102. The summed E-state index contributed by atoms with van der Waals surface area (Å²) in [5.41, 5.74) is 2.63. The molecule has 0 spiro atoms. The normalized spacial score (nSPS) is 10.7. The summed E-state index contributed by atoms with van der Waals surface area (Å²) in [7, 11) is 0. The van der Waals surface area contributed by atoms with Crippen LogP contribution in [0.5, 0.6) is 0 Å². The minimum absolute atomic E-state index is 0.0123. The molecule has 0 amide bonds. The number of ketones is 1. The number of nitrogens with zero attached hydrogens (tertiary/aromatic N) is 2. The van der Waals surface area contributed by atoms with E-state index in [0.29, 0.717) is 21.7 Å². The van der Waals surface area contributed by atoms with Crippen LogP contribution in [-0.4, -0.2) is 21.7 Å². The highest BCUT2D eigenvalue weighted by Crippen LogP contribution is 2.24. The van der Waals surface area contributed by atoms with Crippen LogP contribution < -0.4 is 0 Å². The van der Waals surface area contributed by atoms with Crippen LogP contribution >= 0.6 is 23.4 Å². The molecule has 23 heavy (non-hydrogen) atoms. The topological polar surface area (TPSA) is 56.0 Å². The highest BCUT2D eigenvalue weighted by Gasteiger charge is 2.12. The van der Waals surface area contributed by atoms with Gasteiger partial charge in [-0.3, -0.25) is 4.79 Å². The maximum Gasteiger partial charge on any atom is 0.277 e. The maximum atomic E-state index is 12.1. The van der Waals surface area contributed by atoms with E-state index in [1.54, 1.807) is 24.3 Å². The predicted octanol–water partition coefficient (Wildman–Crippen LogP) is 4.67. The van der Waals surface area contributed by atoms with E-state index in [4.69, 9.17) is 16.0 Å². The second kappa shape index (κ2) is 6.98. The van der Waals surface area contributed by atoms with Crippen molar-refractivity contribution in [2.24, 2.45) is 0 Å². The Bertz CT molecular complexity index is 813. The van der Waals surface area contributed by atoms with Gasteiger partial charge in [0, 0.05) is 16.1 Å². The van der Waals surface area contributed by atoms with Gasteiger partial charge >= 0.3 is 0 Å². The summed E-state index contributed by atoms with van der Waals surface area (Å²) in [6, 6.07) is 14.6.